The summed E-state index contributed by atoms with van der Waals surface area (Å²) < 4.78 is 18.8. The Bertz CT molecular complexity index is 1740. The molecule has 0 aliphatic rings. The Morgan fingerprint density at radius 1 is 0.750 bits per heavy atom. The van der Waals surface area contributed by atoms with Crippen LogP contribution in [0.5, 0.6) is 0 Å². The first-order chi connectivity index (χ1) is 26.0. The van der Waals surface area contributed by atoms with E-state index in [-0.39, 0.29) is 51.8 Å². The summed E-state index contributed by atoms with van der Waals surface area (Å²) in [5.41, 5.74) is 5.65. The number of carbonyl (C=O) groups is 7. The van der Waals surface area contributed by atoms with E-state index < -0.39 is 77.0 Å². The number of hydrogen-bond acceptors (Lipinski definition) is 9. The van der Waals surface area contributed by atoms with Crippen molar-refractivity contribution in [1.29, 1.82) is 0 Å². The lowest BCUT2D eigenvalue weighted by atomic mass is 9.95. The highest BCUT2D eigenvalue weighted by molar-refractivity contribution is 7.18. The van der Waals surface area contributed by atoms with E-state index in [1.165, 1.54) is 31.2 Å². The number of halogens is 1. The van der Waals surface area contributed by atoms with Gasteiger partial charge in [-0.3, -0.25) is 28.8 Å². The molecule has 0 aliphatic carbocycles. The first-order valence-electron chi connectivity index (χ1n) is 18.6. The van der Waals surface area contributed by atoms with E-state index in [1.54, 1.807) is 69.2 Å². The third-order valence-corrected chi connectivity index (χ3v) is 9.88. The number of benzene rings is 1. The average Bonchev–Trinajstić information content (AvgIpc) is 3.41. The minimum atomic E-state index is -1.05. The summed E-state index contributed by atoms with van der Waals surface area (Å²) in [6, 6.07) is 2.46. The number of hydrogen-bond donors (Lipinski definition) is 7. The molecule has 310 valence electrons. The summed E-state index contributed by atoms with van der Waals surface area (Å²) in [6.45, 7) is 18.7. The second-order valence-corrected chi connectivity index (χ2v) is 16.5. The molecule has 2 rings (SSSR count). The summed E-state index contributed by atoms with van der Waals surface area (Å²) in [7, 11) is 0. The van der Waals surface area contributed by atoms with Crippen LogP contribution >= 0.6 is 11.3 Å². The number of thiophene rings is 1. The standard InChI is InChI=1S/C39H58FN7O8S/c1-12-25(23-13-15-24(40)16-14-23)32(49)47-37-26(22(8)30(56-37)31(41)48)33(50)42-17-18-43-34(51)27(19(2)3)44-35(52)28(20(4)5)45-36(53)29(21(6)7)46-38(54)55-39(9,10)11/h13-16,19-21,25,27-29H,12,17-18H2,1-11H3,(H2,41,48)(H,42,50)(H,43,51)(H,44,52)(H,45,53)(H,46,54)(H,47,49)/t25?,27-,28-,29-/m0/s1. The molecule has 15 nitrogen and oxygen atoms in total. The van der Waals surface area contributed by atoms with E-state index in [0.29, 0.717) is 12.0 Å². The Balaban J connectivity index is 2.11. The van der Waals surface area contributed by atoms with Crippen molar-refractivity contribution in [2.45, 2.75) is 112 Å². The molecule has 0 saturated heterocycles. The van der Waals surface area contributed by atoms with Crippen LogP contribution in [0.4, 0.5) is 14.2 Å². The van der Waals surface area contributed by atoms with Crippen LogP contribution in [0.1, 0.15) is 113 Å². The van der Waals surface area contributed by atoms with Gasteiger partial charge >= 0.3 is 6.09 Å². The quantitative estimate of drug-likeness (QED) is 0.108. The van der Waals surface area contributed by atoms with Crippen LogP contribution in [0.3, 0.4) is 0 Å². The first kappa shape index (κ1) is 47.1. The first-order valence-corrected chi connectivity index (χ1v) is 19.5. The molecule has 8 N–H and O–H groups in total. The van der Waals surface area contributed by atoms with Crippen LogP contribution in [0.2, 0.25) is 0 Å². The van der Waals surface area contributed by atoms with Crippen molar-refractivity contribution >= 4 is 57.9 Å². The normalized spacial score (nSPS) is 13.6. The fourth-order valence-corrected chi connectivity index (χ4v) is 6.72. The number of carbonyl (C=O) groups excluding carboxylic acids is 7. The van der Waals surface area contributed by atoms with E-state index in [0.717, 1.165) is 11.3 Å². The SMILES string of the molecule is CCC(C(=O)Nc1sc(C(N)=O)c(C)c1C(=O)NCCNC(=O)[C@@H](NC(=O)[C@@H](NC(=O)[C@@H](NC(=O)OC(C)(C)C)C(C)C)C(C)C)C(C)C)c1ccc(F)cc1. The molecule has 2 aromatic rings. The highest BCUT2D eigenvalue weighted by atomic mass is 32.1. The van der Waals surface area contributed by atoms with Gasteiger partial charge in [0.25, 0.3) is 11.8 Å². The summed E-state index contributed by atoms with van der Waals surface area (Å²) in [6.07, 6.45) is -0.399. The lowest BCUT2D eigenvalue weighted by Gasteiger charge is -2.29. The molecule has 56 heavy (non-hydrogen) atoms. The number of rotatable bonds is 18. The average molecular weight is 804 g/mol. The summed E-state index contributed by atoms with van der Waals surface area (Å²) in [5.74, 6) is -5.82. The van der Waals surface area contributed by atoms with Crippen molar-refractivity contribution < 1.29 is 42.7 Å². The van der Waals surface area contributed by atoms with Crippen LogP contribution in [-0.2, 0) is 23.9 Å². The number of primary amides is 1. The zero-order valence-electron chi connectivity index (χ0n) is 34.1. The van der Waals surface area contributed by atoms with Gasteiger partial charge in [-0.05, 0) is 75.1 Å². The topological polar surface area (TPSA) is 227 Å². The molecule has 0 saturated carbocycles. The van der Waals surface area contributed by atoms with Crippen molar-refractivity contribution in [3.63, 3.8) is 0 Å². The van der Waals surface area contributed by atoms with Crippen LogP contribution in [0, 0.1) is 30.5 Å². The van der Waals surface area contributed by atoms with Crippen molar-refractivity contribution in [3.8, 4) is 0 Å². The molecule has 0 bridgehead atoms. The minimum Gasteiger partial charge on any atom is -0.444 e. The molecule has 1 unspecified atom stereocenters. The molecule has 0 aliphatic heterocycles. The maximum atomic E-state index is 13.5. The van der Waals surface area contributed by atoms with Gasteiger partial charge in [0.05, 0.1) is 16.4 Å². The van der Waals surface area contributed by atoms with E-state index in [1.807, 2.05) is 0 Å². The van der Waals surface area contributed by atoms with Gasteiger partial charge in [-0.1, -0.05) is 60.6 Å². The molecule has 0 radical (unpaired) electrons. The summed E-state index contributed by atoms with van der Waals surface area (Å²) in [5, 5.41) is 16.2. The van der Waals surface area contributed by atoms with Crippen LogP contribution < -0.4 is 37.6 Å². The molecule has 7 amide bonds. The Labute approximate surface area is 332 Å². The van der Waals surface area contributed by atoms with Gasteiger partial charge in [-0.15, -0.1) is 11.3 Å². The fourth-order valence-electron chi connectivity index (χ4n) is 5.66. The number of ether oxygens (including phenoxy) is 1. The predicted octanol–water partition coefficient (Wildman–Crippen LogP) is 4.10. The second-order valence-electron chi connectivity index (χ2n) is 15.5. The number of amides is 7. The van der Waals surface area contributed by atoms with Gasteiger partial charge in [-0.2, -0.15) is 0 Å². The molecular weight excluding hydrogens is 746 g/mol. The number of anilines is 1. The zero-order valence-corrected chi connectivity index (χ0v) is 34.9. The van der Waals surface area contributed by atoms with E-state index in [9.17, 15) is 38.0 Å². The third-order valence-electron chi connectivity index (χ3n) is 8.66. The molecule has 4 atom stereocenters. The Morgan fingerprint density at radius 3 is 1.70 bits per heavy atom. The van der Waals surface area contributed by atoms with Gasteiger partial charge in [0, 0.05) is 13.1 Å². The van der Waals surface area contributed by atoms with Gasteiger partial charge in [0.15, 0.2) is 0 Å². The Kier molecular flexibility index (Phi) is 17.4. The van der Waals surface area contributed by atoms with Gasteiger partial charge in [0.2, 0.25) is 23.6 Å². The summed E-state index contributed by atoms with van der Waals surface area (Å²) >= 11 is 0.860. The van der Waals surface area contributed by atoms with Gasteiger partial charge < -0.3 is 42.4 Å². The molecule has 1 aromatic carbocycles. The van der Waals surface area contributed by atoms with Gasteiger partial charge in [-0.25, -0.2) is 9.18 Å². The van der Waals surface area contributed by atoms with E-state index in [2.05, 4.69) is 31.9 Å². The third kappa shape index (κ3) is 13.6. The minimum absolute atomic E-state index is 0.0348. The predicted molar refractivity (Wildman–Crippen MR) is 213 cm³/mol. The van der Waals surface area contributed by atoms with Gasteiger partial charge in [0.1, 0.15) is 34.5 Å². The number of alkyl carbamates (subject to hydrolysis) is 1. The van der Waals surface area contributed by atoms with E-state index >= 15 is 0 Å². The molecule has 1 heterocycles. The highest BCUT2D eigenvalue weighted by Crippen LogP contribution is 2.34. The molecule has 0 fully saturated rings. The number of nitrogens with one attached hydrogen (secondary N) is 6. The zero-order chi connectivity index (χ0) is 42.7. The monoisotopic (exact) mass is 803 g/mol. The largest absolute Gasteiger partial charge is 0.444 e. The maximum Gasteiger partial charge on any atom is 0.408 e. The lowest BCUT2D eigenvalue weighted by Crippen LogP contribution is -2.60. The van der Waals surface area contributed by atoms with Crippen molar-refractivity contribution in [1.82, 2.24) is 26.6 Å². The van der Waals surface area contributed by atoms with Crippen molar-refractivity contribution in [2.75, 3.05) is 18.4 Å². The lowest BCUT2D eigenvalue weighted by molar-refractivity contribution is -0.134. The summed E-state index contributed by atoms with van der Waals surface area (Å²) in [4.78, 5) is 91.6. The number of nitrogens with two attached hydrogens (primary N) is 1. The van der Waals surface area contributed by atoms with Crippen LogP contribution in [-0.4, -0.2) is 78.4 Å². The maximum absolute atomic E-state index is 13.5. The van der Waals surface area contributed by atoms with E-state index in [4.69, 9.17) is 10.5 Å². The molecular formula is C39H58FN7O8S. The molecule has 17 heteroatoms. The highest BCUT2D eigenvalue weighted by Gasteiger charge is 2.34. The second kappa shape index (κ2) is 20.7. The molecule has 0 spiro atoms. The smallest absolute Gasteiger partial charge is 0.408 e. The molecule has 1 aromatic heterocycles. The Hall–Kier alpha value is -5.06. The van der Waals surface area contributed by atoms with Crippen LogP contribution in [0.25, 0.3) is 0 Å². The fraction of sp³-hybridized carbons (Fsp3) is 0.564. The van der Waals surface area contributed by atoms with Crippen LogP contribution in [0.15, 0.2) is 24.3 Å². The van der Waals surface area contributed by atoms with Crippen molar-refractivity contribution in [2.24, 2.45) is 23.5 Å². The van der Waals surface area contributed by atoms with Crippen molar-refractivity contribution in [3.05, 3.63) is 51.7 Å². The Morgan fingerprint density at radius 2 is 1.23 bits per heavy atom.